The van der Waals surface area contributed by atoms with Gasteiger partial charge in [-0.15, -0.1) is 0 Å². The maximum absolute atomic E-state index is 14.4. The van der Waals surface area contributed by atoms with Gasteiger partial charge in [0, 0.05) is 44.8 Å². The van der Waals surface area contributed by atoms with Crippen LogP contribution < -0.4 is 10.9 Å². The predicted octanol–water partition coefficient (Wildman–Crippen LogP) is 4.42. The van der Waals surface area contributed by atoms with Crippen LogP contribution in [0.3, 0.4) is 0 Å². The lowest BCUT2D eigenvalue weighted by molar-refractivity contribution is -0.141. The van der Waals surface area contributed by atoms with Crippen molar-refractivity contribution in [3.8, 4) is 11.1 Å². The molecule has 0 radical (unpaired) electrons. The Morgan fingerprint density at radius 2 is 1.76 bits per heavy atom. The second-order valence-electron chi connectivity index (χ2n) is 11.1. The van der Waals surface area contributed by atoms with Crippen molar-refractivity contribution in [2.45, 2.75) is 43.3 Å². The van der Waals surface area contributed by atoms with E-state index in [1.54, 1.807) is 0 Å². The minimum atomic E-state index is -4.22. The Kier molecular flexibility index (Phi) is 7.38. The molecule has 3 aromatic carbocycles. The number of carboxylic acid groups (broad SMARTS) is 1. The van der Waals surface area contributed by atoms with Crippen LogP contribution in [0.2, 0.25) is 0 Å². The van der Waals surface area contributed by atoms with Gasteiger partial charge in [0.15, 0.2) is 5.03 Å². The van der Waals surface area contributed by atoms with E-state index >= 15 is 0 Å². The molecule has 9 nitrogen and oxygen atoms in total. The normalized spacial score (nSPS) is 19.0. The molecule has 4 aromatic rings. The van der Waals surface area contributed by atoms with E-state index in [-0.39, 0.29) is 29.7 Å². The van der Waals surface area contributed by atoms with Gasteiger partial charge in [-0.3, -0.25) is 9.36 Å². The summed E-state index contributed by atoms with van der Waals surface area (Å²) in [4.78, 5) is 27.0. The highest BCUT2D eigenvalue weighted by Gasteiger charge is 2.43. The van der Waals surface area contributed by atoms with Crippen molar-refractivity contribution in [2.24, 2.45) is 0 Å². The first-order chi connectivity index (χ1) is 20.2. The highest BCUT2D eigenvalue weighted by Crippen LogP contribution is 2.41. The first kappa shape index (κ1) is 28.1. The fraction of sp³-hybridized carbons (Fsp3) is 0.312. The molecule has 218 valence electrons. The summed E-state index contributed by atoms with van der Waals surface area (Å²) in [5, 5.41) is 15.4. The molecule has 0 saturated carbocycles. The molecular weight excluding hydrogens is 554 g/mol. The Morgan fingerprint density at radius 1 is 1.05 bits per heavy atom. The predicted molar refractivity (Wildman–Crippen MR) is 162 cm³/mol. The van der Waals surface area contributed by atoms with E-state index in [1.807, 2.05) is 73.7 Å². The fourth-order valence-electron chi connectivity index (χ4n) is 6.12. The van der Waals surface area contributed by atoms with Crippen molar-refractivity contribution in [1.82, 2.24) is 8.87 Å². The Morgan fingerprint density at radius 3 is 2.50 bits per heavy atom. The number of benzene rings is 3. The maximum Gasteiger partial charge on any atom is 0.328 e. The second-order valence-corrected chi connectivity index (χ2v) is 13.0. The van der Waals surface area contributed by atoms with Crippen molar-refractivity contribution in [3.05, 3.63) is 93.8 Å². The number of nitrogens with one attached hydrogen (secondary N) is 1. The number of hydrogen-bond donors (Lipinski definition) is 2. The summed E-state index contributed by atoms with van der Waals surface area (Å²) in [7, 11) is -2.86. The molecule has 0 spiro atoms. The topological polar surface area (TPSA) is 118 Å². The molecule has 6 rings (SSSR count). The lowest BCUT2D eigenvalue weighted by Gasteiger charge is -2.35. The number of nitrogens with zero attached hydrogens (tertiary/aromatic N) is 2. The number of sulfonamides is 1. The monoisotopic (exact) mass is 587 g/mol. The molecule has 2 N–H and O–H groups in total. The summed E-state index contributed by atoms with van der Waals surface area (Å²) in [6.45, 7) is 2.63. The molecule has 0 aliphatic carbocycles. The van der Waals surface area contributed by atoms with Crippen LogP contribution >= 0.6 is 0 Å². The molecule has 1 atom stereocenters. The highest BCUT2D eigenvalue weighted by molar-refractivity contribution is 7.89. The van der Waals surface area contributed by atoms with E-state index in [1.165, 1.54) is 7.05 Å². The molecule has 1 aromatic heterocycles. The van der Waals surface area contributed by atoms with E-state index in [0.29, 0.717) is 42.7 Å². The van der Waals surface area contributed by atoms with Gasteiger partial charge in [0.1, 0.15) is 11.7 Å². The number of fused-ring (bicyclic) bond motifs is 2. The molecule has 10 heteroatoms. The fourth-order valence-corrected chi connectivity index (χ4v) is 7.71. The molecule has 2 aliphatic rings. The van der Waals surface area contributed by atoms with Crippen LogP contribution in [-0.2, 0) is 26.0 Å². The molecule has 3 heterocycles. The van der Waals surface area contributed by atoms with Gasteiger partial charge >= 0.3 is 5.97 Å². The lowest BCUT2D eigenvalue weighted by atomic mass is 9.91. The number of aliphatic carboxylic acids is 1. The molecule has 0 bridgehead atoms. The van der Waals surface area contributed by atoms with Gasteiger partial charge in [-0.2, -0.15) is 4.31 Å². The first-order valence-corrected chi connectivity index (χ1v) is 15.5. The summed E-state index contributed by atoms with van der Waals surface area (Å²) in [5.74, 6) is -1.27. The summed E-state index contributed by atoms with van der Waals surface area (Å²) >= 11 is 0. The number of pyridine rings is 1. The average Bonchev–Trinajstić information content (AvgIpc) is 2.97. The van der Waals surface area contributed by atoms with Crippen molar-refractivity contribution in [1.29, 1.82) is 0 Å². The molecule has 1 fully saturated rings. The van der Waals surface area contributed by atoms with Crippen molar-refractivity contribution in [2.75, 3.05) is 32.1 Å². The van der Waals surface area contributed by atoms with Crippen LogP contribution in [0.15, 0.2) is 76.6 Å². The van der Waals surface area contributed by atoms with E-state index in [4.69, 9.17) is 4.74 Å². The highest BCUT2D eigenvalue weighted by atomic mass is 32.2. The number of rotatable bonds is 6. The maximum atomic E-state index is 14.4. The number of anilines is 1. The second kappa shape index (κ2) is 11.0. The minimum absolute atomic E-state index is 0.0899. The average molecular weight is 588 g/mol. The van der Waals surface area contributed by atoms with Crippen molar-refractivity contribution >= 4 is 32.5 Å². The number of carboxylic acids is 1. The molecular formula is C32H33N3O6S. The van der Waals surface area contributed by atoms with E-state index < -0.39 is 27.6 Å². The lowest BCUT2D eigenvalue weighted by Crippen LogP contribution is -2.49. The standard InChI is InChI=1S/C32H33N3O6S/c1-20-7-5-11-23(17-20)28-26(18-22-10-6-9-21-8-3-4-12-25(21)22)29(33-24-13-15-41-16-14-24)30(36)35-27(32(37)38)19-34(2)42(39,40)31(28)35/h3-12,17,24,27,33H,13-16,18-19H2,1-2H3,(H,37,38). The van der Waals surface area contributed by atoms with Gasteiger partial charge in [0.2, 0.25) is 0 Å². The van der Waals surface area contributed by atoms with E-state index in [0.717, 1.165) is 30.8 Å². The van der Waals surface area contributed by atoms with Crippen molar-refractivity contribution in [3.63, 3.8) is 0 Å². The number of hydrogen-bond acceptors (Lipinski definition) is 6. The third-order valence-electron chi connectivity index (χ3n) is 8.27. The number of carbonyl (C=O) groups is 1. The smallest absolute Gasteiger partial charge is 0.328 e. The largest absolute Gasteiger partial charge is 0.480 e. The van der Waals surface area contributed by atoms with Crippen LogP contribution in [0, 0.1) is 6.92 Å². The Hall–Kier alpha value is -3.99. The quantitative estimate of drug-likeness (QED) is 0.343. The van der Waals surface area contributed by atoms with Crippen LogP contribution in [0.1, 0.15) is 35.6 Å². The zero-order valence-electron chi connectivity index (χ0n) is 23.5. The molecule has 0 amide bonds. The van der Waals surface area contributed by atoms with Crippen LogP contribution in [0.4, 0.5) is 5.69 Å². The van der Waals surface area contributed by atoms with Gasteiger partial charge < -0.3 is 15.2 Å². The van der Waals surface area contributed by atoms with E-state index in [2.05, 4.69) is 5.32 Å². The summed E-state index contributed by atoms with van der Waals surface area (Å²) in [5.41, 5.74) is 2.91. The molecule has 2 aliphatic heterocycles. The molecule has 1 saturated heterocycles. The zero-order valence-corrected chi connectivity index (χ0v) is 24.4. The van der Waals surface area contributed by atoms with Gasteiger partial charge in [0.25, 0.3) is 15.6 Å². The molecule has 42 heavy (non-hydrogen) atoms. The summed E-state index contributed by atoms with van der Waals surface area (Å²) < 4.78 is 35.7. The van der Waals surface area contributed by atoms with Crippen molar-refractivity contribution < 1.29 is 23.1 Å². The zero-order chi connectivity index (χ0) is 29.6. The van der Waals surface area contributed by atoms with Crippen LogP contribution in [0.25, 0.3) is 21.9 Å². The minimum Gasteiger partial charge on any atom is -0.480 e. The van der Waals surface area contributed by atoms with Crippen LogP contribution in [0.5, 0.6) is 0 Å². The first-order valence-electron chi connectivity index (χ1n) is 14.1. The SMILES string of the molecule is Cc1cccc(-c2c(Cc3cccc4ccccc34)c(NC3CCOCC3)c(=O)n3c2S(=O)(=O)N(C)CC3C(=O)O)c1. The van der Waals surface area contributed by atoms with Gasteiger partial charge in [-0.1, -0.05) is 72.3 Å². The third-order valence-corrected chi connectivity index (χ3v) is 10.1. The summed E-state index contributed by atoms with van der Waals surface area (Å²) in [6, 6.07) is 19.9. The number of likely N-dealkylation sites (N-methyl/N-ethyl adjacent to an activating group) is 1. The Bertz CT molecular complexity index is 1860. The van der Waals surface area contributed by atoms with Gasteiger partial charge in [-0.25, -0.2) is 13.2 Å². The van der Waals surface area contributed by atoms with Crippen LogP contribution in [-0.4, -0.2) is 61.2 Å². The third kappa shape index (κ3) is 4.89. The number of aromatic nitrogens is 1. The van der Waals surface area contributed by atoms with E-state index in [9.17, 15) is 23.1 Å². The summed E-state index contributed by atoms with van der Waals surface area (Å²) in [6.07, 6.45) is 1.59. The molecule has 1 unspecified atom stereocenters. The Labute approximate surface area is 244 Å². The van der Waals surface area contributed by atoms with Gasteiger partial charge in [-0.05, 0) is 47.2 Å². The Balaban J connectivity index is 1.73. The van der Waals surface area contributed by atoms with Gasteiger partial charge in [0.05, 0.1) is 0 Å². The number of aryl methyl sites for hydroxylation is 1. The number of ether oxygens (including phenoxy) is 1.